The number of ether oxygens (including phenoxy) is 1. The highest BCUT2D eigenvalue weighted by Crippen LogP contribution is 2.38. The molecule has 0 saturated carbocycles. The highest BCUT2D eigenvalue weighted by atomic mass is 127. The normalized spacial score (nSPS) is 16.8. The summed E-state index contributed by atoms with van der Waals surface area (Å²) in [7, 11) is 0. The first-order valence-corrected chi connectivity index (χ1v) is 8.38. The SMILES string of the molecule is I.NC(=NCC1(c2ccccc2Cl)CCOCC1)Nc1ccccn1. The van der Waals surface area contributed by atoms with E-state index < -0.39 is 0 Å². The molecule has 25 heavy (non-hydrogen) atoms. The molecule has 2 heterocycles. The number of nitrogens with two attached hydrogens (primary N) is 1. The van der Waals surface area contributed by atoms with Crippen LogP contribution in [0, 0.1) is 0 Å². The zero-order valence-electron chi connectivity index (χ0n) is 13.8. The molecular weight excluding hydrogens is 451 g/mol. The summed E-state index contributed by atoms with van der Waals surface area (Å²) in [5, 5.41) is 3.79. The van der Waals surface area contributed by atoms with Crippen molar-refractivity contribution in [2.75, 3.05) is 25.1 Å². The van der Waals surface area contributed by atoms with E-state index in [1.165, 1.54) is 0 Å². The number of nitrogens with zero attached hydrogens (tertiary/aromatic N) is 2. The van der Waals surface area contributed by atoms with Crippen LogP contribution in [0.5, 0.6) is 0 Å². The number of nitrogens with one attached hydrogen (secondary N) is 1. The maximum Gasteiger partial charge on any atom is 0.194 e. The number of aromatic nitrogens is 1. The number of pyridine rings is 1. The van der Waals surface area contributed by atoms with Crippen molar-refractivity contribution in [3.05, 3.63) is 59.2 Å². The van der Waals surface area contributed by atoms with Gasteiger partial charge in [0.1, 0.15) is 5.82 Å². The summed E-state index contributed by atoms with van der Waals surface area (Å²) in [6, 6.07) is 13.6. The first-order valence-electron chi connectivity index (χ1n) is 8.00. The number of rotatable bonds is 4. The summed E-state index contributed by atoms with van der Waals surface area (Å²) in [6.07, 6.45) is 3.45. The van der Waals surface area contributed by atoms with Gasteiger partial charge < -0.3 is 15.8 Å². The summed E-state index contributed by atoms with van der Waals surface area (Å²) >= 11 is 6.45. The highest BCUT2D eigenvalue weighted by Gasteiger charge is 2.35. The van der Waals surface area contributed by atoms with E-state index in [-0.39, 0.29) is 29.4 Å². The number of benzene rings is 1. The maximum absolute atomic E-state index is 6.45. The van der Waals surface area contributed by atoms with Crippen molar-refractivity contribution in [2.45, 2.75) is 18.3 Å². The molecular formula is C18H22ClIN4O. The lowest BCUT2D eigenvalue weighted by atomic mass is 9.74. The monoisotopic (exact) mass is 472 g/mol. The van der Waals surface area contributed by atoms with Gasteiger partial charge in [-0.2, -0.15) is 0 Å². The molecule has 1 fully saturated rings. The van der Waals surface area contributed by atoms with Crippen LogP contribution in [0.25, 0.3) is 0 Å². The fraction of sp³-hybridized carbons (Fsp3) is 0.333. The molecule has 3 rings (SSSR count). The molecule has 1 aromatic carbocycles. The van der Waals surface area contributed by atoms with Crippen LogP contribution < -0.4 is 11.1 Å². The van der Waals surface area contributed by atoms with E-state index in [2.05, 4.69) is 21.4 Å². The molecule has 0 amide bonds. The molecule has 0 radical (unpaired) electrons. The number of halogens is 2. The van der Waals surface area contributed by atoms with Gasteiger partial charge in [-0.3, -0.25) is 4.99 Å². The minimum Gasteiger partial charge on any atom is -0.381 e. The van der Waals surface area contributed by atoms with Gasteiger partial charge in [0, 0.05) is 29.8 Å². The van der Waals surface area contributed by atoms with Gasteiger partial charge in [0.25, 0.3) is 0 Å². The Kier molecular flexibility index (Phi) is 7.46. The third kappa shape index (κ3) is 5.05. The van der Waals surface area contributed by atoms with Crippen LogP contribution in [0.4, 0.5) is 5.82 Å². The van der Waals surface area contributed by atoms with Gasteiger partial charge in [0.2, 0.25) is 0 Å². The lowest BCUT2D eigenvalue weighted by molar-refractivity contribution is 0.0532. The predicted octanol–water partition coefficient (Wildman–Crippen LogP) is 3.83. The summed E-state index contributed by atoms with van der Waals surface area (Å²) < 4.78 is 5.54. The molecule has 0 atom stereocenters. The molecule has 1 saturated heterocycles. The fourth-order valence-electron chi connectivity index (χ4n) is 3.01. The van der Waals surface area contributed by atoms with Crippen molar-refractivity contribution < 1.29 is 4.74 Å². The van der Waals surface area contributed by atoms with E-state index in [9.17, 15) is 0 Å². The molecule has 3 N–H and O–H groups in total. The first kappa shape index (κ1) is 19.9. The topological polar surface area (TPSA) is 72.5 Å². The van der Waals surface area contributed by atoms with Gasteiger partial charge in [-0.25, -0.2) is 4.98 Å². The molecule has 0 aliphatic carbocycles. The van der Waals surface area contributed by atoms with Gasteiger partial charge in [-0.15, -0.1) is 24.0 Å². The Morgan fingerprint density at radius 2 is 1.92 bits per heavy atom. The van der Waals surface area contributed by atoms with Crippen LogP contribution >= 0.6 is 35.6 Å². The molecule has 7 heteroatoms. The Morgan fingerprint density at radius 1 is 1.20 bits per heavy atom. The third-order valence-electron chi connectivity index (χ3n) is 4.37. The van der Waals surface area contributed by atoms with Gasteiger partial charge >= 0.3 is 0 Å². The molecule has 134 valence electrons. The van der Waals surface area contributed by atoms with Crippen molar-refractivity contribution in [2.24, 2.45) is 10.7 Å². The van der Waals surface area contributed by atoms with Crippen molar-refractivity contribution in [1.82, 2.24) is 4.98 Å². The number of aliphatic imine (C=N–C) groups is 1. The van der Waals surface area contributed by atoms with Gasteiger partial charge in [-0.1, -0.05) is 35.9 Å². The predicted molar refractivity (Wildman–Crippen MR) is 113 cm³/mol. The standard InChI is InChI=1S/C18H21ClN4O.HI/c19-15-6-2-1-5-14(15)18(8-11-24-12-9-18)13-22-17(20)23-16-7-3-4-10-21-16;/h1-7,10H,8-9,11-13H2,(H3,20,21,22,23);1H. The van der Waals surface area contributed by atoms with Crippen molar-refractivity contribution in [3.63, 3.8) is 0 Å². The average molecular weight is 473 g/mol. The number of guanidine groups is 1. The van der Waals surface area contributed by atoms with E-state index in [0.29, 0.717) is 31.5 Å². The van der Waals surface area contributed by atoms with Gasteiger partial charge in [0.05, 0.1) is 6.54 Å². The Bertz CT molecular complexity index is 705. The molecule has 1 aliphatic rings. The van der Waals surface area contributed by atoms with Crippen molar-refractivity contribution >= 4 is 47.4 Å². The largest absolute Gasteiger partial charge is 0.381 e. The number of hydrogen-bond donors (Lipinski definition) is 2. The molecule has 0 bridgehead atoms. The second-order valence-electron chi connectivity index (χ2n) is 5.91. The molecule has 1 aliphatic heterocycles. The second-order valence-corrected chi connectivity index (χ2v) is 6.32. The lowest BCUT2D eigenvalue weighted by Gasteiger charge is -2.37. The van der Waals surface area contributed by atoms with Crippen LogP contribution in [-0.2, 0) is 10.2 Å². The van der Waals surface area contributed by atoms with Gasteiger partial charge in [-0.05, 0) is 36.6 Å². The molecule has 0 unspecified atom stereocenters. The maximum atomic E-state index is 6.45. The zero-order valence-corrected chi connectivity index (χ0v) is 16.9. The summed E-state index contributed by atoms with van der Waals surface area (Å²) in [5.74, 6) is 1.03. The third-order valence-corrected chi connectivity index (χ3v) is 4.70. The van der Waals surface area contributed by atoms with Crippen LogP contribution in [0.15, 0.2) is 53.7 Å². The Balaban J connectivity index is 0.00000225. The van der Waals surface area contributed by atoms with E-state index in [1.54, 1.807) is 6.20 Å². The molecule has 5 nitrogen and oxygen atoms in total. The van der Waals surface area contributed by atoms with Gasteiger partial charge in [0.15, 0.2) is 5.96 Å². The summed E-state index contributed by atoms with van der Waals surface area (Å²) in [6.45, 7) is 1.97. The molecule has 2 aromatic rings. The average Bonchev–Trinajstić information content (AvgIpc) is 2.62. The van der Waals surface area contributed by atoms with E-state index >= 15 is 0 Å². The van der Waals surface area contributed by atoms with E-state index in [4.69, 9.17) is 22.1 Å². The van der Waals surface area contributed by atoms with Crippen LogP contribution in [0.1, 0.15) is 18.4 Å². The quantitative estimate of drug-likeness (QED) is 0.403. The first-order chi connectivity index (χ1) is 11.7. The Morgan fingerprint density at radius 3 is 2.60 bits per heavy atom. The number of anilines is 1. The smallest absolute Gasteiger partial charge is 0.194 e. The van der Waals surface area contributed by atoms with Crippen LogP contribution in [-0.4, -0.2) is 30.7 Å². The minimum absolute atomic E-state index is 0. The molecule has 0 spiro atoms. The summed E-state index contributed by atoms with van der Waals surface area (Å²) in [5.41, 5.74) is 7.00. The lowest BCUT2D eigenvalue weighted by Crippen LogP contribution is -2.38. The summed E-state index contributed by atoms with van der Waals surface area (Å²) in [4.78, 5) is 8.75. The second kappa shape index (κ2) is 9.35. The Labute approximate surface area is 170 Å². The van der Waals surface area contributed by atoms with Crippen molar-refractivity contribution in [3.8, 4) is 0 Å². The number of hydrogen-bond acceptors (Lipinski definition) is 3. The fourth-order valence-corrected chi connectivity index (χ4v) is 3.35. The highest BCUT2D eigenvalue weighted by molar-refractivity contribution is 14.0. The van der Waals surface area contributed by atoms with Crippen LogP contribution in [0.2, 0.25) is 5.02 Å². The Hall–Kier alpha value is -1.38. The molecule has 1 aromatic heterocycles. The van der Waals surface area contributed by atoms with E-state index in [1.807, 2.05) is 36.4 Å². The van der Waals surface area contributed by atoms with Crippen LogP contribution in [0.3, 0.4) is 0 Å². The zero-order chi connectivity index (χ0) is 16.8. The van der Waals surface area contributed by atoms with Crippen molar-refractivity contribution in [1.29, 1.82) is 0 Å². The minimum atomic E-state index is -0.146. The van der Waals surface area contributed by atoms with E-state index in [0.717, 1.165) is 23.4 Å².